The summed E-state index contributed by atoms with van der Waals surface area (Å²) >= 11 is 0. The van der Waals surface area contributed by atoms with E-state index in [2.05, 4.69) is 19.9 Å². The van der Waals surface area contributed by atoms with E-state index in [1.165, 1.54) is 6.07 Å². The monoisotopic (exact) mass is 521 g/mol. The summed E-state index contributed by atoms with van der Waals surface area (Å²) in [5, 5.41) is 3.31. The van der Waals surface area contributed by atoms with E-state index in [1.54, 1.807) is 24.4 Å². The number of carbonyl (C=O) groups is 1. The minimum absolute atomic E-state index is 0.00421. The molecule has 0 atom stereocenters. The molecule has 0 amide bonds. The highest BCUT2D eigenvalue weighted by atomic mass is 19.4. The van der Waals surface area contributed by atoms with E-state index < -0.39 is 11.7 Å². The van der Waals surface area contributed by atoms with Crippen LogP contribution in [0.5, 0.6) is 5.88 Å². The molecule has 0 spiro atoms. The van der Waals surface area contributed by atoms with Crippen LogP contribution in [0, 0.1) is 0 Å². The van der Waals surface area contributed by atoms with Gasteiger partial charge in [0.2, 0.25) is 5.88 Å². The van der Waals surface area contributed by atoms with Gasteiger partial charge in [0.1, 0.15) is 12.2 Å². The maximum atomic E-state index is 13.7. The predicted octanol–water partition coefficient (Wildman–Crippen LogP) is 6.09. The van der Waals surface area contributed by atoms with Gasteiger partial charge in [0.15, 0.2) is 0 Å². The zero-order valence-corrected chi connectivity index (χ0v) is 21.9. The van der Waals surface area contributed by atoms with Gasteiger partial charge >= 0.3 is 6.18 Å². The average Bonchev–Trinajstić information content (AvgIpc) is 2.88. The molecule has 1 N–H and O–H groups in total. The van der Waals surface area contributed by atoms with Gasteiger partial charge in [-0.05, 0) is 62.8 Å². The lowest BCUT2D eigenvalue weighted by atomic mass is 9.81. The molecule has 2 aromatic rings. The quantitative estimate of drug-likeness (QED) is 0.464. The zero-order valence-electron chi connectivity index (χ0n) is 21.9. The molecule has 2 heterocycles. The highest BCUT2D eigenvalue weighted by Gasteiger charge is 2.35. The van der Waals surface area contributed by atoms with Gasteiger partial charge < -0.3 is 19.7 Å². The predicted molar refractivity (Wildman–Crippen MR) is 138 cm³/mol. The number of ether oxygens (including phenoxy) is 2. The van der Waals surface area contributed by atoms with Crippen molar-refractivity contribution in [2.24, 2.45) is 0 Å². The average molecular weight is 522 g/mol. The van der Waals surface area contributed by atoms with Gasteiger partial charge in [-0.2, -0.15) is 13.2 Å². The molecule has 1 saturated carbocycles. The Labute approximate surface area is 217 Å². The molecule has 1 aromatic heterocycles. The molecule has 0 unspecified atom stereocenters. The number of hydrogen-bond donors (Lipinski definition) is 1. The van der Waals surface area contributed by atoms with Gasteiger partial charge in [0.05, 0.1) is 17.4 Å². The third-order valence-electron chi connectivity index (χ3n) is 6.46. The van der Waals surface area contributed by atoms with Crippen molar-refractivity contribution in [1.82, 2.24) is 10.3 Å². The molecule has 2 aliphatic rings. The van der Waals surface area contributed by atoms with Gasteiger partial charge in [-0.25, -0.2) is 4.98 Å². The van der Waals surface area contributed by atoms with Crippen molar-refractivity contribution in [1.29, 1.82) is 0 Å². The van der Waals surface area contributed by atoms with Gasteiger partial charge in [-0.15, -0.1) is 0 Å². The Bertz CT molecular complexity index is 979. The van der Waals surface area contributed by atoms with Crippen molar-refractivity contribution in [2.75, 3.05) is 31.1 Å². The molecule has 1 aromatic carbocycles. The van der Waals surface area contributed by atoms with Crippen molar-refractivity contribution in [3.8, 4) is 5.88 Å². The summed E-state index contributed by atoms with van der Waals surface area (Å²) < 4.78 is 51.3. The Hall–Kier alpha value is -2.81. The number of benzene rings is 1. The Balaban J connectivity index is 0.000000479. The number of pyridine rings is 1. The lowest BCUT2D eigenvalue weighted by Gasteiger charge is -2.29. The summed E-state index contributed by atoms with van der Waals surface area (Å²) in [7, 11) is 0. The van der Waals surface area contributed by atoms with E-state index in [0.717, 1.165) is 64.0 Å². The zero-order chi connectivity index (χ0) is 26.9. The van der Waals surface area contributed by atoms with E-state index in [0.29, 0.717) is 23.5 Å². The third kappa shape index (κ3) is 9.22. The number of aromatic nitrogens is 1. The maximum absolute atomic E-state index is 13.7. The van der Waals surface area contributed by atoms with Crippen molar-refractivity contribution >= 4 is 12.2 Å². The van der Waals surface area contributed by atoms with Crippen LogP contribution in [0.1, 0.15) is 75.5 Å². The molecule has 204 valence electrons. The Morgan fingerprint density at radius 1 is 1.05 bits per heavy atom. The molecule has 1 aliphatic heterocycles. The largest absolute Gasteiger partial charge is 0.473 e. The summed E-state index contributed by atoms with van der Waals surface area (Å²) in [6, 6.07) is 8.38. The van der Waals surface area contributed by atoms with Crippen molar-refractivity contribution in [2.45, 2.75) is 77.2 Å². The molecule has 9 heteroatoms. The normalized spacial score (nSPS) is 17.0. The van der Waals surface area contributed by atoms with Crippen LogP contribution in [-0.2, 0) is 22.3 Å². The minimum Gasteiger partial charge on any atom is -0.473 e. The molecule has 37 heavy (non-hydrogen) atoms. The van der Waals surface area contributed by atoms with Crippen LogP contribution < -0.4 is 15.0 Å². The first kappa shape index (κ1) is 28.8. The fourth-order valence-electron chi connectivity index (χ4n) is 4.58. The summed E-state index contributed by atoms with van der Waals surface area (Å²) in [6.45, 7) is 9.72. The van der Waals surface area contributed by atoms with Crippen LogP contribution >= 0.6 is 0 Å². The second-order valence-corrected chi connectivity index (χ2v) is 10.5. The lowest BCUT2D eigenvalue weighted by molar-refractivity contribution is -0.139. The van der Waals surface area contributed by atoms with Gasteiger partial charge in [-0.1, -0.05) is 31.4 Å². The first-order valence-corrected chi connectivity index (χ1v) is 12.9. The van der Waals surface area contributed by atoms with Crippen LogP contribution in [0.4, 0.5) is 18.9 Å². The first-order chi connectivity index (χ1) is 17.6. The van der Waals surface area contributed by atoms with Gasteiger partial charge in [0, 0.05) is 32.2 Å². The smallest absolute Gasteiger partial charge is 0.416 e. The van der Waals surface area contributed by atoms with Crippen molar-refractivity contribution in [3.05, 3.63) is 53.2 Å². The number of anilines is 1. The number of nitrogens with one attached hydrogen (secondary N) is 1. The standard InChI is InChI=1S/C23H28F3N3O.C5H10O2/c24-23(25,26)21-14-17(6-8-20(21)18-4-2-1-3-5-18)16-30-22-9-7-19(15-28-22)29-12-10-27-11-13-29;1-5(2,3)7-4-6/h6-9,14-15,18,27H,1-5,10-13,16H2;4H,1-3H3. The van der Waals surface area contributed by atoms with Crippen molar-refractivity contribution in [3.63, 3.8) is 0 Å². The van der Waals surface area contributed by atoms with E-state index in [1.807, 2.05) is 26.8 Å². The topological polar surface area (TPSA) is 63.7 Å². The number of halogens is 3. The highest BCUT2D eigenvalue weighted by molar-refractivity contribution is 5.46. The van der Waals surface area contributed by atoms with Crippen LogP contribution in [0.2, 0.25) is 0 Å². The second kappa shape index (κ2) is 13.1. The Morgan fingerprint density at radius 2 is 1.76 bits per heavy atom. The number of rotatable bonds is 6. The van der Waals surface area contributed by atoms with Crippen LogP contribution in [0.15, 0.2) is 36.5 Å². The molecule has 1 saturated heterocycles. The number of piperazine rings is 1. The van der Waals surface area contributed by atoms with Gasteiger partial charge in [0.25, 0.3) is 6.47 Å². The van der Waals surface area contributed by atoms with Crippen LogP contribution in [0.25, 0.3) is 0 Å². The Kier molecular flexibility index (Phi) is 10.2. The van der Waals surface area contributed by atoms with E-state index in [4.69, 9.17) is 4.74 Å². The second-order valence-electron chi connectivity index (χ2n) is 10.5. The Morgan fingerprint density at radius 3 is 2.30 bits per heavy atom. The van der Waals surface area contributed by atoms with E-state index >= 15 is 0 Å². The van der Waals surface area contributed by atoms with Crippen LogP contribution in [-0.4, -0.2) is 43.2 Å². The molecule has 0 bridgehead atoms. The summed E-state index contributed by atoms with van der Waals surface area (Å²) in [5.41, 5.74) is 1.14. The minimum atomic E-state index is -4.36. The van der Waals surface area contributed by atoms with E-state index in [-0.39, 0.29) is 18.1 Å². The summed E-state index contributed by atoms with van der Waals surface area (Å²) in [4.78, 5) is 16.2. The highest BCUT2D eigenvalue weighted by Crippen LogP contribution is 2.41. The molecule has 2 fully saturated rings. The van der Waals surface area contributed by atoms with Crippen molar-refractivity contribution < 1.29 is 27.4 Å². The maximum Gasteiger partial charge on any atom is 0.416 e. The number of alkyl halides is 3. The van der Waals surface area contributed by atoms with E-state index in [9.17, 15) is 18.0 Å². The molecular formula is C28H38F3N3O3. The van der Waals surface area contributed by atoms with Gasteiger partial charge in [-0.3, -0.25) is 4.79 Å². The molecule has 1 aliphatic carbocycles. The molecule has 0 radical (unpaired) electrons. The fraction of sp³-hybridized carbons (Fsp3) is 0.571. The molecule has 4 rings (SSSR count). The van der Waals surface area contributed by atoms with Crippen LogP contribution in [0.3, 0.4) is 0 Å². The first-order valence-electron chi connectivity index (χ1n) is 12.9. The number of carbonyl (C=O) groups excluding carboxylic acids is 1. The SMILES string of the molecule is CC(C)(C)OC=O.FC(F)(F)c1cc(COc2ccc(N3CCNCC3)cn2)ccc1C1CCCCC1. The lowest BCUT2D eigenvalue weighted by Crippen LogP contribution is -2.43. The summed E-state index contributed by atoms with van der Waals surface area (Å²) in [6.07, 6.45) is 2.19. The summed E-state index contributed by atoms with van der Waals surface area (Å²) in [5.74, 6) is 0.420. The third-order valence-corrected chi connectivity index (χ3v) is 6.46. The molecular weight excluding hydrogens is 483 g/mol. The number of hydrogen-bond acceptors (Lipinski definition) is 6. The fourth-order valence-corrected chi connectivity index (χ4v) is 4.58. The number of nitrogens with zero attached hydrogens (tertiary/aromatic N) is 2. The molecule has 6 nitrogen and oxygen atoms in total.